The Kier molecular flexibility index (Phi) is 5.63. The van der Waals surface area contributed by atoms with Crippen molar-refractivity contribution < 1.29 is 20.1 Å². The van der Waals surface area contributed by atoms with Gasteiger partial charge in [0.15, 0.2) is 11.5 Å². The van der Waals surface area contributed by atoms with Gasteiger partial charge in [-0.25, -0.2) is 0 Å². The summed E-state index contributed by atoms with van der Waals surface area (Å²) in [5.41, 5.74) is 6.34. The molecule has 0 aliphatic rings. The maximum Gasteiger partial charge on any atom is 0.307 e. The zero-order valence-corrected chi connectivity index (χ0v) is 11.0. The number of carboxylic acids is 1. The van der Waals surface area contributed by atoms with E-state index in [9.17, 15) is 15.0 Å². The van der Waals surface area contributed by atoms with Gasteiger partial charge < -0.3 is 21.1 Å². The minimum Gasteiger partial charge on any atom is -0.504 e. The molecule has 1 rings (SSSR count). The second kappa shape index (κ2) is 6.99. The van der Waals surface area contributed by atoms with Crippen LogP contribution in [-0.4, -0.2) is 27.8 Å². The molecule has 5 N–H and O–H groups in total. The average Bonchev–Trinajstić information content (AvgIpc) is 2.38. The molecule has 0 aliphatic carbocycles. The maximum atomic E-state index is 11.0. The molecule has 2 atom stereocenters. The fourth-order valence-electron chi connectivity index (χ4n) is 2.12. The third-order valence-electron chi connectivity index (χ3n) is 3.39. The molecule has 0 amide bonds. The van der Waals surface area contributed by atoms with Crippen molar-refractivity contribution in [3.63, 3.8) is 0 Å². The number of phenols is 2. The fraction of sp³-hybridized carbons (Fsp3) is 0.500. The predicted molar refractivity (Wildman–Crippen MR) is 72.1 cm³/mol. The van der Waals surface area contributed by atoms with Crippen LogP contribution in [0.5, 0.6) is 11.5 Å². The molecule has 0 saturated carbocycles. The second-order valence-corrected chi connectivity index (χ2v) is 4.81. The van der Waals surface area contributed by atoms with E-state index in [1.54, 1.807) is 6.07 Å². The number of carbonyl (C=O) groups is 1. The minimum absolute atomic E-state index is 0.132. The van der Waals surface area contributed by atoms with Gasteiger partial charge in [-0.15, -0.1) is 0 Å². The lowest BCUT2D eigenvalue weighted by molar-refractivity contribution is -0.142. The first-order valence-corrected chi connectivity index (χ1v) is 6.41. The van der Waals surface area contributed by atoms with Crippen LogP contribution in [0.25, 0.3) is 0 Å². The fourth-order valence-corrected chi connectivity index (χ4v) is 2.12. The van der Waals surface area contributed by atoms with Gasteiger partial charge in [-0.3, -0.25) is 4.79 Å². The molecule has 0 radical (unpaired) electrons. The molecule has 5 heteroatoms. The Morgan fingerprint density at radius 3 is 2.47 bits per heavy atom. The summed E-state index contributed by atoms with van der Waals surface area (Å²) in [4.78, 5) is 11.0. The van der Waals surface area contributed by atoms with Gasteiger partial charge in [0.1, 0.15) is 0 Å². The largest absolute Gasteiger partial charge is 0.504 e. The highest BCUT2D eigenvalue weighted by atomic mass is 16.4. The molecule has 106 valence electrons. The molecule has 5 nitrogen and oxygen atoms in total. The zero-order valence-electron chi connectivity index (χ0n) is 11.0. The van der Waals surface area contributed by atoms with E-state index in [0.717, 1.165) is 12.0 Å². The van der Waals surface area contributed by atoms with E-state index >= 15 is 0 Å². The van der Waals surface area contributed by atoms with Crippen molar-refractivity contribution in [2.24, 2.45) is 17.6 Å². The number of nitrogens with two attached hydrogens (primary N) is 1. The number of benzene rings is 1. The van der Waals surface area contributed by atoms with Crippen molar-refractivity contribution in [3.05, 3.63) is 23.8 Å². The van der Waals surface area contributed by atoms with E-state index in [2.05, 4.69) is 0 Å². The molecule has 0 aromatic heterocycles. The standard InChI is InChI=1S/C14H21NO4/c1-2-9(6-11(8-15)14(18)19)5-10-3-4-12(16)13(17)7-10/h3-4,7,9,11,16-17H,2,5-6,8,15H2,1H3,(H,18,19). The number of rotatable bonds is 7. The van der Waals surface area contributed by atoms with Gasteiger partial charge in [0.25, 0.3) is 0 Å². The lowest BCUT2D eigenvalue weighted by atomic mass is 9.87. The SMILES string of the molecule is CCC(Cc1ccc(O)c(O)c1)CC(CN)C(=O)O. The quantitative estimate of drug-likeness (QED) is 0.563. The first-order valence-electron chi connectivity index (χ1n) is 6.41. The van der Waals surface area contributed by atoms with E-state index in [4.69, 9.17) is 10.8 Å². The maximum absolute atomic E-state index is 11.0. The number of aromatic hydroxyl groups is 2. The number of hydrogen-bond acceptors (Lipinski definition) is 4. The summed E-state index contributed by atoms with van der Waals surface area (Å²) < 4.78 is 0. The second-order valence-electron chi connectivity index (χ2n) is 4.81. The summed E-state index contributed by atoms with van der Waals surface area (Å²) in [6.07, 6.45) is 2.02. The molecule has 0 aliphatic heterocycles. The Morgan fingerprint density at radius 1 is 1.32 bits per heavy atom. The van der Waals surface area contributed by atoms with Gasteiger partial charge in [-0.1, -0.05) is 19.4 Å². The first kappa shape index (κ1) is 15.3. The van der Waals surface area contributed by atoms with E-state index in [0.29, 0.717) is 12.8 Å². The molecule has 0 bridgehead atoms. The Hall–Kier alpha value is -1.75. The van der Waals surface area contributed by atoms with Crippen molar-refractivity contribution in [3.8, 4) is 11.5 Å². The summed E-state index contributed by atoms with van der Waals surface area (Å²) in [6.45, 7) is 2.13. The van der Waals surface area contributed by atoms with Crippen molar-refractivity contribution in [2.75, 3.05) is 6.54 Å². The average molecular weight is 267 g/mol. The van der Waals surface area contributed by atoms with Gasteiger partial charge in [-0.2, -0.15) is 0 Å². The lowest BCUT2D eigenvalue weighted by Crippen LogP contribution is -2.26. The summed E-state index contributed by atoms with van der Waals surface area (Å²) in [5.74, 6) is -1.51. The van der Waals surface area contributed by atoms with Gasteiger partial charge in [-0.05, 0) is 36.5 Å². The van der Waals surface area contributed by atoms with Crippen molar-refractivity contribution in [2.45, 2.75) is 26.2 Å². The van der Waals surface area contributed by atoms with E-state index < -0.39 is 11.9 Å². The summed E-state index contributed by atoms with van der Waals surface area (Å²) >= 11 is 0. The smallest absolute Gasteiger partial charge is 0.307 e. The van der Waals surface area contributed by atoms with Crippen molar-refractivity contribution in [1.82, 2.24) is 0 Å². The van der Waals surface area contributed by atoms with Crippen molar-refractivity contribution >= 4 is 5.97 Å². The highest BCUT2D eigenvalue weighted by Gasteiger charge is 2.20. The lowest BCUT2D eigenvalue weighted by Gasteiger charge is -2.19. The minimum atomic E-state index is -0.866. The molecule has 1 aromatic rings. The normalized spacial score (nSPS) is 14.0. The number of carboxylic acid groups (broad SMARTS) is 1. The molecular weight excluding hydrogens is 246 g/mol. The topological polar surface area (TPSA) is 104 Å². The predicted octanol–water partition coefficient (Wildman–Crippen LogP) is 1.72. The Morgan fingerprint density at radius 2 is 2.00 bits per heavy atom. The Labute approximate surface area is 112 Å². The van der Waals surface area contributed by atoms with E-state index in [1.807, 2.05) is 6.92 Å². The molecule has 19 heavy (non-hydrogen) atoms. The molecule has 0 saturated heterocycles. The number of aliphatic carboxylic acids is 1. The van der Waals surface area contributed by atoms with Crippen LogP contribution >= 0.6 is 0 Å². The van der Waals surface area contributed by atoms with Crippen molar-refractivity contribution in [1.29, 1.82) is 0 Å². The number of hydrogen-bond donors (Lipinski definition) is 4. The van der Waals surface area contributed by atoms with Crippen LogP contribution in [0.1, 0.15) is 25.3 Å². The monoisotopic (exact) mass is 267 g/mol. The van der Waals surface area contributed by atoms with Crippen LogP contribution in [0, 0.1) is 11.8 Å². The van der Waals surface area contributed by atoms with Crippen LogP contribution in [0.2, 0.25) is 0 Å². The molecule has 1 aromatic carbocycles. The zero-order chi connectivity index (χ0) is 14.4. The summed E-state index contributed by atoms with van der Waals surface area (Å²) in [6, 6.07) is 4.68. The Bertz CT molecular complexity index is 433. The van der Waals surface area contributed by atoms with Crippen LogP contribution in [0.3, 0.4) is 0 Å². The third kappa shape index (κ3) is 4.44. The van der Waals surface area contributed by atoms with Crippen LogP contribution < -0.4 is 5.73 Å². The van der Waals surface area contributed by atoms with Crippen LogP contribution in [0.15, 0.2) is 18.2 Å². The molecule has 0 heterocycles. The molecular formula is C14H21NO4. The summed E-state index contributed by atoms with van der Waals surface area (Å²) in [5, 5.41) is 27.7. The summed E-state index contributed by atoms with van der Waals surface area (Å²) in [7, 11) is 0. The van der Waals surface area contributed by atoms with Crippen LogP contribution in [-0.2, 0) is 11.2 Å². The molecule has 2 unspecified atom stereocenters. The molecule has 0 spiro atoms. The van der Waals surface area contributed by atoms with E-state index in [1.165, 1.54) is 12.1 Å². The van der Waals surface area contributed by atoms with Gasteiger partial charge in [0, 0.05) is 6.54 Å². The van der Waals surface area contributed by atoms with E-state index in [-0.39, 0.29) is 24.0 Å². The van der Waals surface area contributed by atoms with Crippen LogP contribution in [0.4, 0.5) is 0 Å². The van der Waals surface area contributed by atoms with Gasteiger partial charge >= 0.3 is 5.97 Å². The van der Waals surface area contributed by atoms with Gasteiger partial charge in [0.2, 0.25) is 0 Å². The highest BCUT2D eigenvalue weighted by Crippen LogP contribution is 2.28. The van der Waals surface area contributed by atoms with Gasteiger partial charge in [0.05, 0.1) is 5.92 Å². The number of phenolic OH excluding ortho intramolecular Hbond substituents is 2. The molecule has 0 fully saturated rings. The third-order valence-corrected chi connectivity index (χ3v) is 3.39. The highest BCUT2D eigenvalue weighted by molar-refractivity contribution is 5.70. The first-order chi connectivity index (χ1) is 8.97. The Balaban J connectivity index is 2.70.